The van der Waals surface area contributed by atoms with Crippen LogP contribution in [0.5, 0.6) is 0 Å². The molecule has 14 heavy (non-hydrogen) atoms. The monoisotopic (exact) mass is 196 g/mol. The van der Waals surface area contributed by atoms with E-state index in [1.165, 1.54) is 0 Å². The van der Waals surface area contributed by atoms with Gasteiger partial charge in [0.25, 0.3) is 0 Å². The van der Waals surface area contributed by atoms with Crippen LogP contribution in [0.3, 0.4) is 0 Å². The van der Waals surface area contributed by atoms with Crippen LogP contribution in [0.1, 0.15) is 19.3 Å². The number of rotatable bonds is 4. The van der Waals surface area contributed by atoms with Crippen molar-refractivity contribution in [1.82, 2.24) is 10.2 Å². The summed E-state index contributed by atoms with van der Waals surface area (Å²) < 4.78 is 0. The van der Waals surface area contributed by atoms with Gasteiger partial charge < -0.3 is 10.2 Å². The highest BCUT2D eigenvalue weighted by Crippen LogP contribution is 2.16. The van der Waals surface area contributed by atoms with Gasteiger partial charge in [-0.1, -0.05) is 6.08 Å². The fourth-order valence-corrected chi connectivity index (χ4v) is 1.93. The summed E-state index contributed by atoms with van der Waals surface area (Å²) in [6.07, 6.45) is 4.42. The molecule has 1 aliphatic heterocycles. The van der Waals surface area contributed by atoms with E-state index in [2.05, 4.69) is 11.9 Å². The van der Waals surface area contributed by atoms with E-state index in [1.54, 1.807) is 6.08 Å². The van der Waals surface area contributed by atoms with Gasteiger partial charge in [-0.15, -0.1) is 6.58 Å². The first-order valence-electron chi connectivity index (χ1n) is 5.31. The molecular weight excluding hydrogens is 176 g/mol. The Labute approximate surface area is 86.2 Å². The second-order valence-corrected chi connectivity index (χ2v) is 3.87. The van der Waals surface area contributed by atoms with Crippen molar-refractivity contribution >= 4 is 5.91 Å². The number of carbonyl (C=O) groups is 1. The van der Waals surface area contributed by atoms with E-state index in [9.17, 15) is 4.79 Å². The Kier molecular flexibility index (Phi) is 4.66. The zero-order chi connectivity index (χ0) is 10.4. The molecule has 0 unspecified atom stereocenters. The van der Waals surface area contributed by atoms with Crippen molar-refractivity contribution in [2.75, 3.05) is 26.7 Å². The fraction of sp³-hybridized carbons (Fsp3) is 0.727. The molecule has 1 N–H and O–H groups in total. The van der Waals surface area contributed by atoms with E-state index in [4.69, 9.17) is 0 Å². The molecule has 1 fully saturated rings. The molecule has 0 bridgehead atoms. The molecule has 0 aromatic carbocycles. The van der Waals surface area contributed by atoms with Crippen LogP contribution >= 0.6 is 0 Å². The van der Waals surface area contributed by atoms with Crippen LogP contribution in [0.15, 0.2) is 12.7 Å². The van der Waals surface area contributed by atoms with Gasteiger partial charge in [0.1, 0.15) is 0 Å². The summed E-state index contributed by atoms with van der Waals surface area (Å²) in [5.74, 6) is 0.968. The first kappa shape index (κ1) is 11.2. The molecule has 3 heteroatoms. The average Bonchev–Trinajstić information content (AvgIpc) is 2.20. The van der Waals surface area contributed by atoms with Crippen molar-refractivity contribution in [2.45, 2.75) is 19.3 Å². The van der Waals surface area contributed by atoms with Crippen molar-refractivity contribution in [3.8, 4) is 0 Å². The average molecular weight is 196 g/mol. The van der Waals surface area contributed by atoms with Gasteiger partial charge in [-0.25, -0.2) is 0 Å². The standard InChI is InChI=1S/C11H20N2O/c1-3-4-11(14)13-7-5-10(6-8-13)9-12-2/h3,10,12H,1,4-9H2,2H3. The van der Waals surface area contributed by atoms with E-state index in [0.717, 1.165) is 38.4 Å². The highest BCUT2D eigenvalue weighted by molar-refractivity contribution is 5.77. The van der Waals surface area contributed by atoms with E-state index in [-0.39, 0.29) is 5.91 Å². The van der Waals surface area contributed by atoms with E-state index >= 15 is 0 Å². The maximum Gasteiger partial charge on any atom is 0.226 e. The van der Waals surface area contributed by atoms with Gasteiger partial charge >= 0.3 is 0 Å². The summed E-state index contributed by atoms with van der Waals surface area (Å²) in [5.41, 5.74) is 0. The van der Waals surface area contributed by atoms with Gasteiger partial charge in [0.2, 0.25) is 5.91 Å². The highest BCUT2D eigenvalue weighted by Gasteiger charge is 2.21. The zero-order valence-electron chi connectivity index (χ0n) is 8.96. The van der Waals surface area contributed by atoms with E-state index in [1.807, 2.05) is 11.9 Å². The lowest BCUT2D eigenvalue weighted by Crippen LogP contribution is -2.40. The molecule has 0 atom stereocenters. The van der Waals surface area contributed by atoms with Gasteiger partial charge in [-0.3, -0.25) is 4.79 Å². The van der Waals surface area contributed by atoms with Crippen LogP contribution < -0.4 is 5.32 Å². The van der Waals surface area contributed by atoms with Crippen LogP contribution in [0.2, 0.25) is 0 Å². The Balaban J connectivity index is 2.27. The minimum atomic E-state index is 0.225. The van der Waals surface area contributed by atoms with Crippen LogP contribution in [-0.4, -0.2) is 37.5 Å². The molecule has 1 amide bonds. The van der Waals surface area contributed by atoms with Gasteiger partial charge in [0, 0.05) is 19.5 Å². The van der Waals surface area contributed by atoms with Gasteiger partial charge in [-0.2, -0.15) is 0 Å². The zero-order valence-corrected chi connectivity index (χ0v) is 8.96. The molecule has 0 saturated carbocycles. The normalized spacial score (nSPS) is 18.2. The van der Waals surface area contributed by atoms with Gasteiger partial charge in [0.15, 0.2) is 0 Å². The van der Waals surface area contributed by atoms with Crippen molar-refractivity contribution in [2.24, 2.45) is 5.92 Å². The molecule has 0 radical (unpaired) electrons. The Morgan fingerprint density at radius 1 is 1.57 bits per heavy atom. The van der Waals surface area contributed by atoms with Crippen molar-refractivity contribution < 1.29 is 4.79 Å². The first-order chi connectivity index (χ1) is 6.77. The Morgan fingerprint density at radius 2 is 2.21 bits per heavy atom. The molecule has 1 rings (SSSR count). The summed E-state index contributed by atoms with van der Waals surface area (Å²) in [7, 11) is 1.98. The van der Waals surface area contributed by atoms with Crippen LogP contribution in [0, 0.1) is 5.92 Å². The van der Waals surface area contributed by atoms with E-state index in [0.29, 0.717) is 6.42 Å². The number of amides is 1. The molecular formula is C11H20N2O. The number of hydrogen-bond acceptors (Lipinski definition) is 2. The molecule has 0 spiro atoms. The Hall–Kier alpha value is -0.830. The Morgan fingerprint density at radius 3 is 2.71 bits per heavy atom. The molecule has 1 heterocycles. The molecule has 0 aliphatic carbocycles. The predicted octanol–water partition coefficient (Wildman–Crippen LogP) is 1.02. The van der Waals surface area contributed by atoms with Crippen molar-refractivity contribution in [1.29, 1.82) is 0 Å². The van der Waals surface area contributed by atoms with Crippen LogP contribution in [0.4, 0.5) is 0 Å². The Bertz CT molecular complexity index is 195. The van der Waals surface area contributed by atoms with Crippen LogP contribution in [0.25, 0.3) is 0 Å². The number of likely N-dealkylation sites (tertiary alicyclic amines) is 1. The minimum absolute atomic E-state index is 0.225. The third-order valence-electron chi connectivity index (χ3n) is 2.78. The second-order valence-electron chi connectivity index (χ2n) is 3.87. The summed E-state index contributed by atoms with van der Waals surface area (Å²) in [6.45, 7) is 6.49. The highest BCUT2D eigenvalue weighted by atomic mass is 16.2. The number of nitrogens with zero attached hydrogens (tertiary/aromatic N) is 1. The first-order valence-corrected chi connectivity index (χ1v) is 5.31. The smallest absolute Gasteiger partial charge is 0.226 e. The van der Waals surface area contributed by atoms with Crippen LogP contribution in [-0.2, 0) is 4.79 Å². The van der Waals surface area contributed by atoms with Gasteiger partial charge in [0.05, 0.1) is 0 Å². The lowest BCUT2D eigenvalue weighted by atomic mass is 9.96. The molecule has 1 saturated heterocycles. The number of carbonyl (C=O) groups excluding carboxylic acids is 1. The molecule has 80 valence electrons. The minimum Gasteiger partial charge on any atom is -0.342 e. The topological polar surface area (TPSA) is 32.3 Å². The SMILES string of the molecule is C=CCC(=O)N1CCC(CNC)CC1. The molecule has 3 nitrogen and oxygen atoms in total. The summed E-state index contributed by atoms with van der Waals surface area (Å²) >= 11 is 0. The second kappa shape index (κ2) is 5.81. The number of nitrogens with one attached hydrogen (secondary N) is 1. The van der Waals surface area contributed by atoms with Crippen molar-refractivity contribution in [3.63, 3.8) is 0 Å². The maximum absolute atomic E-state index is 11.5. The maximum atomic E-state index is 11.5. The van der Waals surface area contributed by atoms with Gasteiger partial charge in [-0.05, 0) is 32.4 Å². The van der Waals surface area contributed by atoms with E-state index < -0.39 is 0 Å². The third kappa shape index (κ3) is 3.14. The largest absolute Gasteiger partial charge is 0.342 e. The summed E-state index contributed by atoms with van der Waals surface area (Å²) in [4.78, 5) is 13.5. The summed E-state index contributed by atoms with van der Waals surface area (Å²) in [5, 5.41) is 3.19. The number of hydrogen-bond donors (Lipinski definition) is 1. The quantitative estimate of drug-likeness (QED) is 0.681. The number of piperidine rings is 1. The van der Waals surface area contributed by atoms with Crippen molar-refractivity contribution in [3.05, 3.63) is 12.7 Å². The summed E-state index contributed by atoms with van der Waals surface area (Å²) in [6, 6.07) is 0. The molecule has 0 aromatic rings. The third-order valence-corrected chi connectivity index (χ3v) is 2.78. The lowest BCUT2D eigenvalue weighted by molar-refractivity contribution is -0.131. The molecule has 0 aromatic heterocycles. The lowest BCUT2D eigenvalue weighted by Gasteiger charge is -2.31. The molecule has 1 aliphatic rings. The fourth-order valence-electron chi connectivity index (χ4n) is 1.93. The predicted molar refractivity (Wildman–Crippen MR) is 58.0 cm³/mol.